The summed E-state index contributed by atoms with van der Waals surface area (Å²) in [5.41, 5.74) is 2.64. The van der Waals surface area contributed by atoms with Gasteiger partial charge in [0, 0.05) is 12.7 Å². The number of fused-ring (bicyclic) bond motifs is 1. The smallest absolute Gasteiger partial charge is 0.292 e. The number of carbonyl (C=O) groups excluding carboxylic acids is 1. The maximum absolute atomic E-state index is 12.5. The molecule has 2 N–H and O–H groups in total. The lowest BCUT2D eigenvalue weighted by Gasteiger charge is -2.08. The zero-order chi connectivity index (χ0) is 16.6. The van der Waals surface area contributed by atoms with E-state index in [-0.39, 0.29) is 15.5 Å². The molecule has 1 aromatic carbocycles. The summed E-state index contributed by atoms with van der Waals surface area (Å²) < 4.78 is 2.58. The fourth-order valence-corrected chi connectivity index (χ4v) is 2.61. The molecule has 23 heavy (non-hydrogen) atoms. The molecule has 0 saturated carbocycles. The number of nitrogens with one attached hydrogen (secondary N) is 2. The van der Waals surface area contributed by atoms with Crippen molar-refractivity contribution in [2.75, 3.05) is 5.43 Å². The van der Waals surface area contributed by atoms with E-state index in [1.54, 1.807) is 30.5 Å². The number of aryl methyl sites for hydroxylation is 1. The Morgan fingerprint density at radius 2 is 2.17 bits per heavy atom. The minimum absolute atomic E-state index is 0.0305. The van der Waals surface area contributed by atoms with E-state index in [4.69, 9.17) is 23.8 Å². The first-order chi connectivity index (χ1) is 11.0. The van der Waals surface area contributed by atoms with E-state index in [1.807, 2.05) is 6.92 Å². The van der Waals surface area contributed by atoms with Crippen LogP contribution < -0.4 is 11.0 Å². The van der Waals surface area contributed by atoms with Gasteiger partial charge < -0.3 is 4.98 Å². The summed E-state index contributed by atoms with van der Waals surface area (Å²) in [5, 5.41) is 4.67. The van der Waals surface area contributed by atoms with Crippen molar-refractivity contribution in [3.05, 3.63) is 56.3 Å². The lowest BCUT2D eigenvalue weighted by Crippen LogP contribution is -2.34. The summed E-state index contributed by atoms with van der Waals surface area (Å²) in [6.07, 6.45) is 1.54. The van der Waals surface area contributed by atoms with E-state index < -0.39 is 11.5 Å². The van der Waals surface area contributed by atoms with Crippen LogP contribution in [-0.2, 0) is 6.54 Å². The second-order valence-electron chi connectivity index (χ2n) is 4.74. The average Bonchev–Trinajstić information content (AvgIpc) is 2.92. The molecule has 118 valence electrons. The Hall–Kier alpha value is -2.45. The number of aromatic amines is 1. The first-order valence-corrected chi connectivity index (χ1v) is 7.58. The standard InChI is InChI=1S/C14H12ClN5O2S/c1-2-19-7-9(15)11(17-19)12(21)18-20-13(22)8-5-3-4-6-10(8)16-14(20)23/h3-7H,2H2,1H3,(H,16,23)(H,18,21). The number of halogens is 1. The van der Waals surface area contributed by atoms with Crippen molar-refractivity contribution in [2.45, 2.75) is 13.5 Å². The van der Waals surface area contributed by atoms with Crippen molar-refractivity contribution in [3.8, 4) is 0 Å². The van der Waals surface area contributed by atoms with Crippen molar-refractivity contribution in [1.29, 1.82) is 0 Å². The van der Waals surface area contributed by atoms with Gasteiger partial charge in [-0.3, -0.25) is 19.7 Å². The summed E-state index contributed by atoms with van der Waals surface area (Å²) in [6, 6.07) is 6.89. The van der Waals surface area contributed by atoms with E-state index in [2.05, 4.69) is 15.5 Å². The van der Waals surface area contributed by atoms with Gasteiger partial charge >= 0.3 is 0 Å². The van der Waals surface area contributed by atoms with Gasteiger partial charge in [-0.15, -0.1) is 0 Å². The Labute approximate surface area is 140 Å². The van der Waals surface area contributed by atoms with Crippen LogP contribution in [0.5, 0.6) is 0 Å². The van der Waals surface area contributed by atoms with Crippen molar-refractivity contribution < 1.29 is 4.79 Å². The fraction of sp³-hybridized carbons (Fsp3) is 0.143. The molecule has 2 heterocycles. The van der Waals surface area contributed by atoms with E-state index >= 15 is 0 Å². The SMILES string of the molecule is CCn1cc(Cl)c(C(=O)Nn2c(=S)[nH]c3ccccc3c2=O)n1. The molecule has 2 aromatic heterocycles. The number of rotatable bonds is 3. The largest absolute Gasteiger partial charge is 0.330 e. The minimum atomic E-state index is -0.612. The predicted octanol–water partition coefficient (Wildman–Crippen LogP) is 2.31. The zero-order valence-corrected chi connectivity index (χ0v) is 13.6. The molecule has 0 atom stereocenters. The third-order valence-electron chi connectivity index (χ3n) is 3.27. The van der Waals surface area contributed by atoms with Crippen LogP contribution in [0.1, 0.15) is 17.4 Å². The Balaban J connectivity index is 2.04. The Kier molecular flexibility index (Phi) is 4.01. The number of hydrogen-bond donors (Lipinski definition) is 2. The molecule has 0 bridgehead atoms. The summed E-state index contributed by atoms with van der Waals surface area (Å²) in [5.74, 6) is -0.612. The highest BCUT2D eigenvalue weighted by Gasteiger charge is 2.17. The second kappa shape index (κ2) is 5.98. The monoisotopic (exact) mass is 349 g/mol. The zero-order valence-electron chi connectivity index (χ0n) is 12.0. The van der Waals surface area contributed by atoms with Gasteiger partial charge in [-0.2, -0.15) is 9.77 Å². The molecule has 0 aliphatic heterocycles. The minimum Gasteiger partial charge on any atom is -0.330 e. The van der Waals surface area contributed by atoms with Crippen LogP contribution in [0.4, 0.5) is 0 Å². The maximum Gasteiger partial charge on any atom is 0.292 e. The first-order valence-electron chi connectivity index (χ1n) is 6.79. The average molecular weight is 350 g/mol. The third-order valence-corrected chi connectivity index (χ3v) is 3.84. The normalized spacial score (nSPS) is 10.9. The van der Waals surface area contributed by atoms with Gasteiger partial charge in [0.15, 0.2) is 10.5 Å². The molecule has 0 aliphatic rings. The number of carbonyl (C=O) groups is 1. The lowest BCUT2D eigenvalue weighted by molar-refractivity contribution is 0.100. The van der Waals surface area contributed by atoms with E-state index in [0.717, 1.165) is 4.68 Å². The molecule has 7 nitrogen and oxygen atoms in total. The molecule has 0 spiro atoms. The van der Waals surface area contributed by atoms with E-state index in [0.29, 0.717) is 17.4 Å². The third kappa shape index (κ3) is 2.78. The highest BCUT2D eigenvalue weighted by atomic mass is 35.5. The molecule has 0 aliphatic carbocycles. The Morgan fingerprint density at radius 1 is 1.43 bits per heavy atom. The van der Waals surface area contributed by atoms with Crippen LogP contribution >= 0.6 is 23.8 Å². The van der Waals surface area contributed by atoms with Gasteiger partial charge in [-0.05, 0) is 31.3 Å². The second-order valence-corrected chi connectivity index (χ2v) is 5.53. The number of benzene rings is 1. The first kappa shape index (κ1) is 15.4. The van der Waals surface area contributed by atoms with Crippen LogP contribution in [0.25, 0.3) is 10.9 Å². The summed E-state index contributed by atoms with van der Waals surface area (Å²) >= 11 is 11.1. The molecule has 0 radical (unpaired) electrons. The van der Waals surface area contributed by atoms with Gasteiger partial charge in [0.1, 0.15) is 0 Å². The molecule has 0 unspecified atom stereocenters. The Morgan fingerprint density at radius 3 is 2.87 bits per heavy atom. The lowest BCUT2D eigenvalue weighted by atomic mass is 10.2. The summed E-state index contributed by atoms with van der Waals surface area (Å²) in [4.78, 5) is 27.7. The quantitative estimate of drug-likeness (QED) is 0.711. The van der Waals surface area contributed by atoms with Crippen LogP contribution in [0.15, 0.2) is 35.3 Å². The molecule has 0 saturated heterocycles. The van der Waals surface area contributed by atoms with Gasteiger partial charge in [0.25, 0.3) is 11.5 Å². The number of nitrogens with zero attached hydrogens (tertiary/aromatic N) is 3. The van der Waals surface area contributed by atoms with Crippen LogP contribution in [0.3, 0.4) is 0 Å². The topological polar surface area (TPSA) is 84.7 Å². The predicted molar refractivity (Wildman–Crippen MR) is 90.0 cm³/mol. The number of aromatic nitrogens is 4. The number of amides is 1. The highest BCUT2D eigenvalue weighted by molar-refractivity contribution is 7.71. The van der Waals surface area contributed by atoms with Crippen molar-refractivity contribution >= 4 is 40.6 Å². The van der Waals surface area contributed by atoms with Crippen LogP contribution in [-0.4, -0.2) is 25.3 Å². The summed E-state index contributed by atoms with van der Waals surface area (Å²) in [7, 11) is 0. The van der Waals surface area contributed by atoms with Crippen LogP contribution in [0.2, 0.25) is 5.02 Å². The maximum atomic E-state index is 12.5. The van der Waals surface area contributed by atoms with Gasteiger partial charge in [-0.25, -0.2) is 0 Å². The fourth-order valence-electron chi connectivity index (χ4n) is 2.13. The molecule has 3 aromatic rings. The highest BCUT2D eigenvalue weighted by Crippen LogP contribution is 2.14. The Bertz CT molecular complexity index is 1020. The van der Waals surface area contributed by atoms with Crippen molar-refractivity contribution in [3.63, 3.8) is 0 Å². The van der Waals surface area contributed by atoms with Gasteiger partial charge in [0.05, 0.1) is 15.9 Å². The summed E-state index contributed by atoms with van der Waals surface area (Å²) in [6.45, 7) is 2.44. The molecule has 0 fully saturated rings. The molecular formula is C14H12ClN5O2S. The van der Waals surface area contributed by atoms with Gasteiger partial charge in [0.2, 0.25) is 0 Å². The molecular weight excluding hydrogens is 338 g/mol. The van der Waals surface area contributed by atoms with E-state index in [1.165, 1.54) is 4.68 Å². The molecule has 1 amide bonds. The van der Waals surface area contributed by atoms with Crippen molar-refractivity contribution in [1.82, 2.24) is 19.4 Å². The van der Waals surface area contributed by atoms with E-state index in [9.17, 15) is 9.59 Å². The van der Waals surface area contributed by atoms with Crippen LogP contribution in [0, 0.1) is 4.77 Å². The molecule has 3 rings (SSSR count). The van der Waals surface area contributed by atoms with Crippen molar-refractivity contribution in [2.24, 2.45) is 0 Å². The number of para-hydroxylation sites is 1. The molecule has 9 heteroatoms. The number of hydrogen-bond acceptors (Lipinski definition) is 4. The van der Waals surface area contributed by atoms with Gasteiger partial charge in [-0.1, -0.05) is 23.7 Å². The number of H-pyrrole nitrogens is 1.